The summed E-state index contributed by atoms with van der Waals surface area (Å²) in [7, 11) is 0. The number of piperidine rings is 1. The molecule has 1 aliphatic heterocycles. The molecule has 0 spiro atoms. The third-order valence-corrected chi connectivity index (χ3v) is 4.18. The van der Waals surface area contributed by atoms with Crippen LogP contribution in [0.5, 0.6) is 0 Å². The molecule has 0 bridgehead atoms. The van der Waals surface area contributed by atoms with Crippen LogP contribution in [0.15, 0.2) is 0 Å². The molecule has 1 fully saturated rings. The molecule has 1 rings (SSSR count). The smallest absolute Gasteiger partial charge is 0.234 e. The van der Waals surface area contributed by atoms with Gasteiger partial charge in [0.25, 0.3) is 0 Å². The third-order valence-electron chi connectivity index (χ3n) is 4.18. The van der Waals surface area contributed by atoms with Crippen LogP contribution < -0.4 is 10.6 Å². The van der Waals surface area contributed by atoms with E-state index in [0.29, 0.717) is 18.5 Å². The highest BCUT2D eigenvalue weighted by Crippen LogP contribution is 2.15. The van der Waals surface area contributed by atoms with Gasteiger partial charge in [-0.05, 0) is 57.7 Å². The van der Waals surface area contributed by atoms with Crippen molar-refractivity contribution in [2.75, 3.05) is 32.7 Å². The number of amides is 1. The Labute approximate surface area is 124 Å². The lowest BCUT2D eigenvalue weighted by Crippen LogP contribution is -2.46. The first-order chi connectivity index (χ1) is 9.69. The van der Waals surface area contributed by atoms with Crippen molar-refractivity contribution < 1.29 is 4.79 Å². The zero-order chi connectivity index (χ0) is 14.8. The first kappa shape index (κ1) is 17.4. The highest BCUT2D eigenvalue weighted by molar-refractivity contribution is 5.78. The van der Waals surface area contributed by atoms with Crippen LogP contribution in [0.1, 0.15) is 52.9 Å². The van der Waals surface area contributed by atoms with E-state index in [0.717, 1.165) is 39.0 Å². The van der Waals surface area contributed by atoms with Crippen LogP contribution in [0.25, 0.3) is 0 Å². The van der Waals surface area contributed by atoms with Gasteiger partial charge >= 0.3 is 0 Å². The van der Waals surface area contributed by atoms with Crippen molar-refractivity contribution in [1.82, 2.24) is 15.5 Å². The molecule has 0 aromatic carbocycles. The minimum Gasteiger partial charge on any atom is -0.352 e. The Morgan fingerprint density at radius 1 is 1.30 bits per heavy atom. The van der Waals surface area contributed by atoms with Crippen molar-refractivity contribution in [3.05, 3.63) is 0 Å². The van der Waals surface area contributed by atoms with Crippen LogP contribution in [0, 0.1) is 5.92 Å². The molecular weight excluding hydrogens is 250 g/mol. The summed E-state index contributed by atoms with van der Waals surface area (Å²) in [5.74, 6) is 0.900. The Morgan fingerprint density at radius 3 is 2.70 bits per heavy atom. The van der Waals surface area contributed by atoms with Gasteiger partial charge in [0, 0.05) is 12.6 Å². The molecule has 118 valence electrons. The van der Waals surface area contributed by atoms with Crippen molar-refractivity contribution in [2.45, 2.75) is 58.9 Å². The molecule has 1 heterocycles. The van der Waals surface area contributed by atoms with E-state index in [4.69, 9.17) is 0 Å². The predicted molar refractivity (Wildman–Crippen MR) is 84.8 cm³/mol. The molecule has 1 unspecified atom stereocenters. The van der Waals surface area contributed by atoms with Crippen LogP contribution in [0.4, 0.5) is 0 Å². The maximum atomic E-state index is 12.0. The topological polar surface area (TPSA) is 44.4 Å². The van der Waals surface area contributed by atoms with E-state index in [1.807, 2.05) is 0 Å². The van der Waals surface area contributed by atoms with Gasteiger partial charge in [0.05, 0.1) is 6.54 Å². The van der Waals surface area contributed by atoms with Crippen molar-refractivity contribution in [3.63, 3.8) is 0 Å². The Hall–Kier alpha value is -0.610. The van der Waals surface area contributed by atoms with Crippen LogP contribution in [-0.4, -0.2) is 49.6 Å². The molecule has 4 heteroatoms. The Bertz CT molecular complexity index is 266. The fourth-order valence-electron chi connectivity index (χ4n) is 2.91. The number of hydrogen-bond donors (Lipinski definition) is 2. The second-order valence-electron chi connectivity index (χ2n) is 6.03. The van der Waals surface area contributed by atoms with Gasteiger partial charge in [-0.25, -0.2) is 0 Å². The summed E-state index contributed by atoms with van der Waals surface area (Å²) in [6, 6.07) is 0.342. The minimum atomic E-state index is 0.195. The Morgan fingerprint density at radius 2 is 2.05 bits per heavy atom. The zero-order valence-electron chi connectivity index (χ0n) is 13.6. The zero-order valence-corrected chi connectivity index (χ0v) is 13.6. The molecule has 0 aliphatic carbocycles. The number of carbonyl (C=O) groups is 1. The second-order valence-corrected chi connectivity index (χ2v) is 6.03. The molecule has 1 saturated heterocycles. The van der Waals surface area contributed by atoms with Crippen LogP contribution in [-0.2, 0) is 4.79 Å². The molecule has 0 aromatic heterocycles. The van der Waals surface area contributed by atoms with Crippen LogP contribution in [0.3, 0.4) is 0 Å². The lowest BCUT2D eigenvalue weighted by atomic mass is 9.98. The van der Waals surface area contributed by atoms with Gasteiger partial charge in [-0.1, -0.05) is 20.8 Å². The van der Waals surface area contributed by atoms with E-state index in [1.165, 1.54) is 19.3 Å². The van der Waals surface area contributed by atoms with Crippen LogP contribution in [0.2, 0.25) is 0 Å². The average Bonchev–Trinajstić information content (AvgIpc) is 2.45. The summed E-state index contributed by atoms with van der Waals surface area (Å²) in [5.41, 5.74) is 0. The fraction of sp³-hybridized carbons (Fsp3) is 0.938. The SMILES string of the molecule is CCCNCC1CCCN(CC(=O)NC(CC)CC)C1. The summed E-state index contributed by atoms with van der Waals surface area (Å²) in [6.45, 7) is 11.4. The second kappa shape index (κ2) is 10.2. The number of rotatable bonds is 9. The quantitative estimate of drug-likeness (QED) is 0.636. The summed E-state index contributed by atoms with van der Waals surface area (Å²) in [5, 5.41) is 6.64. The highest BCUT2D eigenvalue weighted by Gasteiger charge is 2.21. The third kappa shape index (κ3) is 6.71. The maximum absolute atomic E-state index is 12.0. The molecule has 1 aliphatic rings. The molecule has 0 saturated carbocycles. The number of carbonyl (C=O) groups excluding carboxylic acids is 1. The molecule has 4 nitrogen and oxygen atoms in total. The van der Waals surface area contributed by atoms with E-state index in [9.17, 15) is 4.79 Å². The fourth-order valence-corrected chi connectivity index (χ4v) is 2.91. The summed E-state index contributed by atoms with van der Waals surface area (Å²) < 4.78 is 0. The number of nitrogens with one attached hydrogen (secondary N) is 2. The number of likely N-dealkylation sites (tertiary alicyclic amines) is 1. The van der Waals surface area contributed by atoms with Gasteiger partial charge < -0.3 is 10.6 Å². The van der Waals surface area contributed by atoms with Crippen molar-refractivity contribution in [2.24, 2.45) is 5.92 Å². The Kier molecular flexibility index (Phi) is 8.86. The van der Waals surface area contributed by atoms with E-state index < -0.39 is 0 Å². The molecule has 2 N–H and O–H groups in total. The monoisotopic (exact) mass is 283 g/mol. The molecule has 0 radical (unpaired) electrons. The van der Waals surface area contributed by atoms with Gasteiger partial charge in [0.15, 0.2) is 0 Å². The van der Waals surface area contributed by atoms with E-state index in [2.05, 4.69) is 36.3 Å². The molecule has 20 heavy (non-hydrogen) atoms. The number of nitrogens with zero attached hydrogens (tertiary/aromatic N) is 1. The average molecular weight is 283 g/mol. The summed E-state index contributed by atoms with van der Waals surface area (Å²) >= 11 is 0. The lowest BCUT2D eigenvalue weighted by molar-refractivity contribution is -0.123. The standard InChI is InChI=1S/C16H33N3O/c1-4-9-17-11-14-8-7-10-19(12-14)13-16(20)18-15(5-2)6-3/h14-15,17H,4-13H2,1-3H3,(H,18,20). The van der Waals surface area contributed by atoms with Gasteiger partial charge in [0.1, 0.15) is 0 Å². The minimum absolute atomic E-state index is 0.195. The first-order valence-corrected chi connectivity index (χ1v) is 8.41. The van der Waals surface area contributed by atoms with E-state index >= 15 is 0 Å². The summed E-state index contributed by atoms with van der Waals surface area (Å²) in [6.07, 6.45) is 5.74. The van der Waals surface area contributed by atoms with Crippen molar-refractivity contribution >= 4 is 5.91 Å². The maximum Gasteiger partial charge on any atom is 0.234 e. The largest absolute Gasteiger partial charge is 0.352 e. The van der Waals surface area contributed by atoms with Gasteiger partial charge in [-0.15, -0.1) is 0 Å². The molecule has 1 atom stereocenters. The predicted octanol–water partition coefficient (Wildman–Crippen LogP) is 2.00. The lowest BCUT2D eigenvalue weighted by Gasteiger charge is -2.32. The van der Waals surface area contributed by atoms with Gasteiger partial charge in [0.2, 0.25) is 5.91 Å². The van der Waals surface area contributed by atoms with Crippen molar-refractivity contribution in [3.8, 4) is 0 Å². The van der Waals surface area contributed by atoms with Gasteiger partial charge in [-0.3, -0.25) is 9.69 Å². The first-order valence-electron chi connectivity index (χ1n) is 8.41. The molecular formula is C16H33N3O. The molecule has 1 amide bonds. The van der Waals surface area contributed by atoms with Gasteiger partial charge in [-0.2, -0.15) is 0 Å². The summed E-state index contributed by atoms with van der Waals surface area (Å²) in [4.78, 5) is 14.4. The normalized spacial score (nSPS) is 20.3. The van der Waals surface area contributed by atoms with E-state index in [-0.39, 0.29) is 5.91 Å². The van der Waals surface area contributed by atoms with Crippen molar-refractivity contribution in [1.29, 1.82) is 0 Å². The molecule has 0 aromatic rings. The van der Waals surface area contributed by atoms with Crippen LogP contribution >= 0.6 is 0 Å². The number of hydrogen-bond acceptors (Lipinski definition) is 3. The van der Waals surface area contributed by atoms with E-state index in [1.54, 1.807) is 0 Å². The Balaban J connectivity index is 2.26. The highest BCUT2D eigenvalue weighted by atomic mass is 16.2.